The van der Waals surface area contributed by atoms with Gasteiger partial charge in [-0.1, -0.05) is 6.42 Å². The fraction of sp³-hybridized carbons (Fsp3) is 0.438. The van der Waals surface area contributed by atoms with Crippen molar-refractivity contribution in [2.45, 2.75) is 38.6 Å². The zero-order valence-electron chi connectivity index (χ0n) is 11.9. The van der Waals surface area contributed by atoms with Crippen molar-refractivity contribution in [2.24, 2.45) is 5.73 Å². The fourth-order valence-electron chi connectivity index (χ4n) is 2.83. The largest absolute Gasteiger partial charge is 0.494 e. The summed E-state index contributed by atoms with van der Waals surface area (Å²) in [6.07, 6.45) is 6.42. The Morgan fingerprint density at radius 2 is 2.10 bits per heavy atom. The zero-order chi connectivity index (χ0) is 13.9. The predicted octanol–water partition coefficient (Wildman–Crippen LogP) is 3.00. The van der Waals surface area contributed by atoms with Crippen molar-refractivity contribution in [1.29, 1.82) is 0 Å². The lowest BCUT2D eigenvalue weighted by Gasteiger charge is -2.10. The number of aromatic nitrogens is 2. The molecule has 0 saturated carbocycles. The Kier molecular flexibility index (Phi) is 3.74. The minimum absolute atomic E-state index is 0.129. The molecule has 106 valence electrons. The van der Waals surface area contributed by atoms with Gasteiger partial charge in [-0.05, 0) is 50.5 Å². The topological polar surface area (TPSA) is 53.1 Å². The minimum atomic E-state index is 0.129. The first kappa shape index (κ1) is 13.2. The Morgan fingerprint density at radius 3 is 2.85 bits per heavy atom. The van der Waals surface area contributed by atoms with E-state index in [0.29, 0.717) is 6.61 Å². The number of fused-ring (bicyclic) bond motifs is 1. The molecule has 1 aromatic carbocycles. The van der Waals surface area contributed by atoms with Crippen LogP contribution in [0.15, 0.2) is 30.5 Å². The molecule has 0 spiro atoms. The summed E-state index contributed by atoms with van der Waals surface area (Å²) in [5, 5.41) is 4.53. The van der Waals surface area contributed by atoms with Crippen molar-refractivity contribution in [3.63, 3.8) is 0 Å². The van der Waals surface area contributed by atoms with Gasteiger partial charge in [0, 0.05) is 17.3 Å². The molecule has 1 heterocycles. The SMILES string of the molecule is CCOc1ccc(-n2ncc3c2CCCCC3N)cc1. The molecule has 0 fully saturated rings. The Bertz CT molecular complexity index is 574. The van der Waals surface area contributed by atoms with Crippen LogP contribution < -0.4 is 10.5 Å². The van der Waals surface area contributed by atoms with E-state index >= 15 is 0 Å². The highest BCUT2D eigenvalue weighted by atomic mass is 16.5. The van der Waals surface area contributed by atoms with Crippen LogP contribution in [0.2, 0.25) is 0 Å². The van der Waals surface area contributed by atoms with Crippen molar-refractivity contribution in [3.8, 4) is 11.4 Å². The predicted molar refractivity (Wildman–Crippen MR) is 79.2 cm³/mol. The fourth-order valence-corrected chi connectivity index (χ4v) is 2.83. The molecule has 1 aromatic heterocycles. The number of nitrogens with zero attached hydrogens (tertiary/aromatic N) is 2. The molecule has 0 aliphatic heterocycles. The third-order valence-electron chi connectivity index (χ3n) is 3.87. The van der Waals surface area contributed by atoms with Crippen LogP contribution in [0.1, 0.15) is 43.5 Å². The molecule has 2 N–H and O–H groups in total. The molecular formula is C16H21N3O. The normalized spacial score (nSPS) is 18.4. The van der Waals surface area contributed by atoms with E-state index in [1.54, 1.807) is 0 Å². The first-order chi connectivity index (χ1) is 9.79. The van der Waals surface area contributed by atoms with Gasteiger partial charge in [0.25, 0.3) is 0 Å². The Hall–Kier alpha value is -1.81. The van der Waals surface area contributed by atoms with Crippen molar-refractivity contribution < 1.29 is 4.74 Å². The van der Waals surface area contributed by atoms with Crippen LogP contribution >= 0.6 is 0 Å². The number of ether oxygens (including phenoxy) is 1. The van der Waals surface area contributed by atoms with E-state index in [9.17, 15) is 0 Å². The third kappa shape index (κ3) is 2.43. The molecule has 4 nitrogen and oxygen atoms in total. The molecule has 1 unspecified atom stereocenters. The van der Waals surface area contributed by atoms with Crippen molar-refractivity contribution in [3.05, 3.63) is 41.7 Å². The van der Waals surface area contributed by atoms with Gasteiger partial charge in [0.15, 0.2) is 0 Å². The molecule has 0 radical (unpaired) electrons. The molecule has 4 heteroatoms. The number of rotatable bonds is 3. The Morgan fingerprint density at radius 1 is 1.30 bits per heavy atom. The van der Waals surface area contributed by atoms with Crippen LogP contribution in [0, 0.1) is 0 Å². The van der Waals surface area contributed by atoms with E-state index in [1.165, 1.54) is 24.1 Å². The Labute approximate surface area is 119 Å². The molecule has 0 bridgehead atoms. The standard InChI is InChI=1S/C16H21N3O/c1-2-20-13-9-7-12(8-10-13)19-16-6-4-3-5-15(17)14(16)11-18-19/h7-11,15H,2-6,17H2,1H3. The molecule has 1 aliphatic carbocycles. The maximum Gasteiger partial charge on any atom is 0.119 e. The molecule has 0 saturated heterocycles. The van der Waals surface area contributed by atoms with Gasteiger partial charge < -0.3 is 10.5 Å². The van der Waals surface area contributed by atoms with Gasteiger partial charge in [0.2, 0.25) is 0 Å². The van der Waals surface area contributed by atoms with E-state index in [2.05, 4.69) is 17.2 Å². The number of hydrogen-bond acceptors (Lipinski definition) is 3. The van der Waals surface area contributed by atoms with Gasteiger partial charge in [0.1, 0.15) is 5.75 Å². The second kappa shape index (κ2) is 5.67. The molecule has 1 atom stereocenters. The van der Waals surface area contributed by atoms with Gasteiger partial charge in [-0.15, -0.1) is 0 Å². The van der Waals surface area contributed by atoms with Gasteiger partial charge in [-0.25, -0.2) is 4.68 Å². The summed E-state index contributed by atoms with van der Waals surface area (Å²) in [6, 6.07) is 8.21. The average Bonchev–Trinajstić information content (AvgIpc) is 2.80. The van der Waals surface area contributed by atoms with Gasteiger partial charge >= 0.3 is 0 Å². The second-order valence-electron chi connectivity index (χ2n) is 5.24. The summed E-state index contributed by atoms with van der Waals surface area (Å²) < 4.78 is 7.50. The van der Waals surface area contributed by atoms with Gasteiger partial charge in [-0.2, -0.15) is 5.10 Å². The monoisotopic (exact) mass is 271 g/mol. The van der Waals surface area contributed by atoms with Crippen LogP contribution in [0.5, 0.6) is 5.75 Å². The molecule has 2 aromatic rings. The summed E-state index contributed by atoms with van der Waals surface area (Å²) in [5.41, 5.74) is 9.77. The van der Waals surface area contributed by atoms with Crippen LogP contribution in [-0.4, -0.2) is 16.4 Å². The van der Waals surface area contributed by atoms with Gasteiger partial charge in [0.05, 0.1) is 18.5 Å². The summed E-state index contributed by atoms with van der Waals surface area (Å²) in [4.78, 5) is 0. The summed E-state index contributed by atoms with van der Waals surface area (Å²) >= 11 is 0. The van der Waals surface area contributed by atoms with Crippen molar-refractivity contribution >= 4 is 0 Å². The summed E-state index contributed by atoms with van der Waals surface area (Å²) in [7, 11) is 0. The smallest absolute Gasteiger partial charge is 0.119 e. The lowest BCUT2D eigenvalue weighted by molar-refractivity contribution is 0.340. The van der Waals surface area contributed by atoms with Crippen molar-refractivity contribution in [1.82, 2.24) is 9.78 Å². The molecular weight excluding hydrogens is 250 g/mol. The van der Waals surface area contributed by atoms with Crippen LogP contribution in [-0.2, 0) is 6.42 Å². The van der Waals surface area contributed by atoms with E-state index in [1.807, 2.05) is 29.9 Å². The first-order valence-electron chi connectivity index (χ1n) is 7.35. The minimum Gasteiger partial charge on any atom is -0.494 e. The molecule has 20 heavy (non-hydrogen) atoms. The number of hydrogen-bond donors (Lipinski definition) is 1. The van der Waals surface area contributed by atoms with E-state index in [4.69, 9.17) is 10.5 Å². The molecule has 3 rings (SSSR count). The van der Waals surface area contributed by atoms with Crippen LogP contribution in [0.3, 0.4) is 0 Å². The van der Waals surface area contributed by atoms with E-state index in [0.717, 1.165) is 24.3 Å². The van der Waals surface area contributed by atoms with Crippen LogP contribution in [0.25, 0.3) is 5.69 Å². The highest BCUT2D eigenvalue weighted by molar-refractivity contribution is 5.40. The maximum atomic E-state index is 6.23. The van der Waals surface area contributed by atoms with Gasteiger partial charge in [-0.3, -0.25) is 0 Å². The second-order valence-corrected chi connectivity index (χ2v) is 5.24. The van der Waals surface area contributed by atoms with Crippen LogP contribution in [0.4, 0.5) is 0 Å². The highest BCUT2D eigenvalue weighted by Gasteiger charge is 2.20. The highest BCUT2D eigenvalue weighted by Crippen LogP contribution is 2.28. The molecule has 0 amide bonds. The summed E-state index contributed by atoms with van der Waals surface area (Å²) in [6.45, 7) is 2.67. The number of nitrogens with two attached hydrogens (primary N) is 1. The Balaban J connectivity index is 1.94. The lowest BCUT2D eigenvalue weighted by atomic mass is 10.1. The van der Waals surface area contributed by atoms with Crippen molar-refractivity contribution in [2.75, 3.05) is 6.61 Å². The maximum absolute atomic E-state index is 6.23. The van der Waals surface area contributed by atoms with E-state index < -0.39 is 0 Å². The summed E-state index contributed by atoms with van der Waals surface area (Å²) in [5.74, 6) is 0.895. The molecule has 1 aliphatic rings. The first-order valence-corrected chi connectivity index (χ1v) is 7.35. The zero-order valence-corrected chi connectivity index (χ0v) is 11.9. The van der Waals surface area contributed by atoms with E-state index in [-0.39, 0.29) is 6.04 Å². The number of benzene rings is 1. The average molecular weight is 271 g/mol. The third-order valence-corrected chi connectivity index (χ3v) is 3.87. The lowest BCUT2D eigenvalue weighted by Crippen LogP contribution is -2.10. The quantitative estimate of drug-likeness (QED) is 0.873.